The molecule has 0 bridgehead atoms. The Kier molecular flexibility index (Phi) is 4.71. The zero-order valence-electron chi connectivity index (χ0n) is 8.66. The summed E-state index contributed by atoms with van der Waals surface area (Å²) in [6.45, 7) is 2.13. The van der Waals surface area contributed by atoms with Gasteiger partial charge in [-0.15, -0.1) is 0 Å². The van der Waals surface area contributed by atoms with Gasteiger partial charge in [-0.05, 0) is 35.0 Å². The number of aromatic nitrogens is 1. The van der Waals surface area contributed by atoms with Gasteiger partial charge in [0.1, 0.15) is 0 Å². The van der Waals surface area contributed by atoms with Gasteiger partial charge in [-0.2, -0.15) is 0 Å². The average Bonchev–Trinajstić information content (AvgIpc) is 2.26. The lowest BCUT2D eigenvalue weighted by atomic mass is 10.2. The number of esters is 1. The number of hydrogen-bond acceptors (Lipinski definition) is 4. The number of pyridine rings is 1. The van der Waals surface area contributed by atoms with E-state index in [1.54, 1.807) is 6.20 Å². The van der Waals surface area contributed by atoms with Crippen molar-refractivity contribution in [2.45, 2.75) is 13.0 Å². The highest BCUT2D eigenvalue weighted by atomic mass is 79.9. The van der Waals surface area contributed by atoms with Crippen LogP contribution in [0.25, 0.3) is 0 Å². The van der Waals surface area contributed by atoms with Gasteiger partial charge in [0.05, 0.1) is 19.3 Å². The van der Waals surface area contributed by atoms with Gasteiger partial charge in [0.2, 0.25) is 0 Å². The van der Waals surface area contributed by atoms with E-state index >= 15 is 0 Å². The van der Waals surface area contributed by atoms with Crippen molar-refractivity contribution in [3.63, 3.8) is 0 Å². The molecule has 1 N–H and O–H groups in total. The second-order valence-electron chi connectivity index (χ2n) is 3.08. The number of ether oxygens (including phenoxy) is 1. The Hall–Kier alpha value is -0.940. The summed E-state index contributed by atoms with van der Waals surface area (Å²) in [5, 5.41) is 3.02. The van der Waals surface area contributed by atoms with Crippen LogP contribution < -0.4 is 5.32 Å². The highest BCUT2D eigenvalue weighted by Crippen LogP contribution is 2.12. The average molecular weight is 273 g/mol. The van der Waals surface area contributed by atoms with E-state index in [0.717, 1.165) is 10.2 Å². The van der Waals surface area contributed by atoms with Crippen molar-refractivity contribution in [1.29, 1.82) is 0 Å². The Morgan fingerprint density at radius 1 is 1.67 bits per heavy atom. The molecular formula is C10H13BrN2O2. The van der Waals surface area contributed by atoms with Crippen molar-refractivity contribution in [2.24, 2.45) is 0 Å². The van der Waals surface area contributed by atoms with Crippen molar-refractivity contribution in [2.75, 3.05) is 13.7 Å². The van der Waals surface area contributed by atoms with E-state index in [1.807, 2.05) is 19.1 Å². The molecule has 0 amide bonds. The van der Waals surface area contributed by atoms with Crippen LogP contribution in [0.3, 0.4) is 0 Å². The Balaban J connectivity index is 2.50. The molecular weight excluding hydrogens is 260 g/mol. The van der Waals surface area contributed by atoms with Crippen LogP contribution in [0, 0.1) is 0 Å². The number of halogens is 1. The molecule has 0 saturated carbocycles. The molecule has 1 heterocycles. The fraction of sp³-hybridized carbons (Fsp3) is 0.400. The molecule has 0 aliphatic rings. The molecule has 1 rings (SSSR count). The molecule has 15 heavy (non-hydrogen) atoms. The first-order valence-electron chi connectivity index (χ1n) is 4.55. The maximum Gasteiger partial charge on any atom is 0.319 e. The van der Waals surface area contributed by atoms with Crippen LogP contribution in [-0.2, 0) is 9.53 Å². The summed E-state index contributed by atoms with van der Waals surface area (Å²) in [6, 6.07) is 3.84. The summed E-state index contributed by atoms with van der Waals surface area (Å²) in [5.74, 6) is -0.279. The number of nitrogens with zero attached hydrogens (tertiary/aromatic N) is 1. The minimum Gasteiger partial charge on any atom is -0.468 e. The molecule has 5 heteroatoms. The van der Waals surface area contributed by atoms with Crippen molar-refractivity contribution in [3.05, 3.63) is 28.5 Å². The summed E-state index contributed by atoms with van der Waals surface area (Å²) in [5.41, 5.74) is 0.891. The Labute approximate surface area is 97.2 Å². The predicted molar refractivity (Wildman–Crippen MR) is 60.4 cm³/mol. The minimum atomic E-state index is -0.279. The van der Waals surface area contributed by atoms with Crippen LogP contribution in [0.4, 0.5) is 0 Å². The molecule has 1 aromatic rings. The standard InChI is InChI=1S/C10H13BrN2O2/c1-7(12-6-10(14)15-2)9-4-3-8(11)5-13-9/h3-5,7,12H,6H2,1-2H3. The number of hydrogen-bond donors (Lipinski definition) is 1. The molecule has 1 unspecified atom stereocenters. The van der Waals surface area contributed by atoms with E-state index in [4.69, 9.17) is 0 Å². The van der Waals surface area contributed by atoms with Gasteiger partial charge in [0, 0.05) is 16.7 Å². The summed E-state index contributed by atoms with van der Waals surface area (Å²) in [4.78, 5) is 15.1. The molecule has 0 aliphatic heterocycles. The van der Waals surface area contributed by atoms with E-state index in [2.05, 4.69) is 31.0 Å². The lowest BCUT2D eigenvalue weighted by Gasteiger charge is -2.11. The van der Waals surface area contributed by atoms with Gasteiger partial charge in [-0.3, -0.25) is 15.1 Å². The number of rotatable bonds is 4. The normalized spacial score (nSPS) is 12.2. The zero-order chi connectivity index (χ0) is 11.3. The first-order valence-corrected chi connectivity index (χ1v) is 5.34. The highest BCUT2D eigenvalue weighted by molar-refractivity contribution is 9.10. The third-order valence-corrected chi connectivity index (χ3v) is 2.44. The molecule has 4 nitrogen and oxygen atoms in total. The summed E-state index contributed by atoms with van der Waals surface area (Å²) < 4.78 is 5.46. The quantitative estimate of drug-likeness (QED) is 0.848. The largest absolute Gasteiger partial charge is 0.468 e. The van der Waals surface area contributed by atoms with Crippen molar-refractivity contribution < 1.29 is 9.53 Å². The first-order chi connectivity index (χ1) is 7.13. The van der Waals surface area contributed by atoms with E-state index in [9.17, 15) is 4.79 Å². The number of carbonyl (C=O) groups is 1. The van der Waals surface area contributed by atoms with Crippen LogP contribution in [0.1, 0.15) is 18.7 Å². The maximum absolute atomic E-state index is 10.9. The fourth-order valence-corrected chi connectivity index (χ4v) is 1.29. The second kappa shape index (κ2) is 5.82. The summed E-state index contributed by atoms with van der Waals surface area (Å²) >= 11 is 3.31. The van der Waals surface area contributed by atoms with Crippen LogP contribution in [0.15, 0.2) is 22.8 Å². The van der Waals surface area contributed by atoms with Crippen LogP contribution in [0.5, 0.6) is 0 Å². The van der Waals surface area contributed by atoms with Gasteiger partial charge in [-0.25, -0.2) is 0 Å². The van der Waals surface area contributed by atoms with Gasteiger partial charge in [0.15, 0.2) is 0 Å². The lowest BCUT2D eigenvalue weighted by molar-refractivity contribution is -0.139. The number of carbonyl (C=O) groups excluding carboxylic acids is 1. The van der Waals surface area contributed by atoms with Crippen LogP contribution in [-0.4, -0.2) is 24.6 Å². The fourth-order valence-electron chi connectivity index (χ4n) is 1.06. The van der Waals surface area contributed by atoms with E-state index in [-0.39, 0.29) is 18.6 Å². The maximum atomic E-state index is 10.9. The van der Waals surface area contributed by atoms with Gasteiger partial charge < -0.3 is 4.74 Å². The third kappa shape index (κ3) is 3.97. The third-order valence-electron chi connectivity index (χ3n) is 1.97. The molecule has 0 spiro atoms. The monoisotopic (exact) mass is 272 g/mol. The number of methoxy groups -OCH3 is 1. The highest BCUT2D eigenvalue weighted by Gasteiger charge is 2.08. The topological polar surface area (TPSA) is 51.2 Å². The Morgan fingerprint density at radius 3 is 2.93 bits per heavy atom. The van der Waals surface area contributed by atoms with Gasteiger partial charge >= 0.3 is 5.97 Å². The minimum absolute atomic E-state index is 0.0252. The molecule has 0 aromatic carbocycles. The first kappa shape index (κ1) is 12.1. The zero-order valence-corrected chi connectivity index (χ0v) is 10.2. The van der Waals surface area contributed by atoms with Crippen LogP contribution in [0.2, 0.25) is 0 Å². The van der Waals surface area contributed by atoms with Crippen LogP contribution >= 0.6 is 15.9 Å². The predicted octanol–water partition coefficient (Wildman–Crippen LogP) is 1.67. The van der Waals surface area contributed by atoms with E-state index in [1.165, 1.54) is 7.11 Å². The smallest absolute Gasteiger partial charge is 0.319 e. The SMILES string of the molecule is COC(=O)CNC(C)c1ccc(Br)cn1. The molecule has 82 valence electrons. The Bertz CT molecular complexity index is 327. The summed E-state index contributed by atoms with van der Waals surface area (Å²) in [6.07, 6.45) is 1.73. The molecule has 0 fully saturated rings. The summed E-state index contributed by atoms with van der Waals surface area (Å²) in [7, 11) is 1.37. The van der Waals surface area contributed by atoms with Crippen molar-refractivity contribution >= 4 is 21.9 Å². The van der Waals surface area contributed by atoms with Gasteiger partial charge in [-0.1, -0.05) is 0 Å². The Morgan fingerprint density at radius 2 is 2.40 bits per heavy atom. The van der Waals surface area contributed by atoms with Gasteiger partial charge in [0.25, 0.3) is 0 Å². The second-order valence-corrected chi connectivity index (χ2v) is 4.00. The molecule has 0 aliphatic carbocycles. The van der Waals surface area contributed by atoms with Crippen molar-refractivity contribution in [3.8, 4) is 0 Å². The molecule has 0 radical (unpaired) electrons. The lowest BCUT2D eigenvalue weighted by Crippen LogP contribution is -2.27. The van der Waals surface area contributed by atoms with E-state index in [0.29, 0.717) is 0 Å². The molecule has 1 atom stereocenters. The van der Waals surface area contributed by atoms with Crippen molar-refractivity contribution in [1.82, 2.24) is 10.3 Å². The van der Waals surface area contributed by atoms with E-state index < -0.39 is 0 Å². The molecule has 1 aromatic heterocycles. The molecule has 0 saturated heterocycles. The number of nitrogens with one attached hydrogen (secondary N) is 1.